The standard InChI is InChI=1S/C27H23NO8/c1-34-24(33)11-18(15-7-9-17(10-8-15)35-14-23(28)32)25-19(29)12-20(30)26-21(31)13-22(36-27(25)26)16-5-3-2-4-6-16/h2-10,12-13,18,29-30H,11,14H2,1H3,(H2,28,32)/t18-/m1/s1. The minimum atomic E-state index is -0.820. The summed E-state index contributed by atoms with van der Waals surface area (Å²) in [7, 11) is 1.24. The fourth-order valence-corrected chi connectivity index (χ4v) is 3.99. The first-order chi connectivity index (χ1) is 17.3. The number of methoxy groups -OCH3 is 1. The van der Waals surface area contributed by atoms with Gasteiger partial charge in [-0.3, -0.25) is 14.4 Å². The van der Waals surface area contributed by atoms with E-state index in [1.807, 2.05) is 6.07 Å². The monoisotopic (exact) mass is 489 g/mol. The van der Waals surface area contributed by atoms with E-state index in [1.165, 1.54) is 13.2 Å². The normalized spacial score (nSPS) is 11.7. The Morgan fingerprint density at radius 3 is 2.33 bits per heavy atom. The van der Waals surface area contributed by atoms with Crippen molar-refractivity contribution in [1.82, 2.24) is 0 Å². The number of ether oxygens (including phenoxy) is 2. The van der Waals surface area contributed by atoms with Gasteiger partial charge in [-0.05, 0) is 17.7 Å². The lowest BCUT2D eigenvalue weighted by molar-refractivity contribution is -0.140. The zero-order valence-corrected chi connectivity index (χ0v) is 19.3. The first-order valence-electron chi connectivity index (χ1n) is 10.9. The zero-order valence-electron chi connectivity index (χ0n) is 19.3. The summed E-state index contributed by atoms with van der Waals surface area (Å²) in [6, 6.07) is 17.6. The molecule has 4 N–H and O–H groups in total. The van der Waals surface area contributed by atoms with Crippen LogP contribution in [0.5, 0.6) is 17.2 Å². The third-order valence-corrected chi connectivity index (χ3v) is 5.67. The summed E-state index contributed by atoms with van der Waals surface area (Å²) in [4.78, 5) is 36.4. The molecule has 1 aromatic heterocycles. The number of primary amides is 1. The van der Waals surface area contributed by atoms with Crippen molar-refractivity contribution in [2.24, 2.45) is 5.73 Å². The van der Waals surface area contributed by atoms with Crippen LogP contribution in [0, 0.1) is 0 Å². The van der Waals surface area contributed by atoms with Crippen molar-refractivity contribution in [2.45, 2.75) is 12.3 Å². The van der Waals surface area contributed by atoms with Gasteiger partial charge in [0, 0.05) is 29.2 Å². The number of phenols is 2. The number of aromatic hydroxyl groups is 2. The second kappa shape index (κ2) is 10.2. The van der Waals surface area contributed by atoms with Crippen LogP contribution in [-0.2, 0) is 14.3 Å². The van der Waals surface area contributed by atoms with Gasteiger partial charge < -0.3 is 29.8 Å². The number of amides is 1. The van der Waals surface area contributed by atoms with Crippen LogP contribution < -0.4 is 15.9 Å². The van der Waals surface area contributed by atoms with Crippen molar-refractivity contribution in [3.63, 3.8) is 0 Å². The van der Waals surface area contributed by atoms with E-state index >= 15 is 0 Å². The van der Waals surface area contributed by atoms with Crippen LogP contribution in [0.3, 0.4) is 0 Å². The zero-order chi connectivity index (χ0) is 25.8. The molecule has 0 unspecified atom stereocenters. The molecule has 0 saturated carbocycles. The Morgan fingerprint density at radius 2 is 1.69 bits per heavy atom. The number of rotatable bonds is 8. The summed E-state index contributed by atoms with van der Waals surface area (Å²) >= 11 is 0. The molecule has 184 valence electrons. The Kier molecular flexibility index (Phi) is 6.91. The highest BCUT2D eigenvalue weighted by molar-refractivity contribution is 5.90. The van der Waals surface area contributed by atoms with Crippen LogP contribution in [0.1, 0.15) is 23.5 Å². The quantitative estimate of drug-likeness (QED) is 0.319. The van der Waals surface area contributed by atoms with Gasteiger partial charge in [-0.1, -0.05) is 42.5 Å². The summed E-state index contributed by atoms with van der Waals surface area (Å²) < 4.78 is 16.2. The van der Waals surface area contributed by atoms with E-state index in [-0.39, 0.29) is 41.1 Å². The highest BCUT2D eigenvalue weighted by atomic mass is 16.5. The SMILES string of the molecule is COC(=O)C[C@H](c1ccc(OCC(N)=O)cc1)c1c(O)cc(O)c2c(=O)cc(-c3ccccc3)oc12. The number of benzene rings is 3. The van der Waals surface area contributed by atoms with Gasteiger partial charge in [0.25, 0.3) is 5.91 Å². The number of carbonyl (C=O) groups is 2. The molecule has 0 aliphatic heterocycles. The minimum Gasteiger partial charge on any atom is -0.507 e. The fourth-order valence-electron chi connectivity index (χ4n) is 3.99. The second-order valence-electron chi connectivity index (χ2n) is 8.03. The lowest BCUT2D eigenvalue weighted by atomic mass is 9.86. The van der Waals surface area contributed by atoms with E-state index in [4.69, 9.17) is 19.6 Å². The second-order valence-corrected chi connectivity index (χ2v) is 8.03. The maximum atomic E-state index is 13.0. The van der Waals surface area contributed by atoms with Crippen molar-refractivity contribution in [2.75, 3.05) is 13.7 Å². The Balaban J connectivity index is 1.92. The molecule has 0 saturated heterocycles. The Hall–Kier alpha value is -4.79. The number of fused-ring (bicyclic) bond motifs is 1. The van der Waals surface area contributed by atoms with Crippen LogP contribution in [0.2, 0.25) is 0 Å². The Labute approximate surface area is 205 Å². The average molecular weight is 489 g/mol. The topological polar surface area (TPSA) is 149 Å². The van der Waals surface area contributed by atoms with Gasteiger partial charge in [-0.15, -0.1) is 0 Å². The number of nitrogens with two attached hydrogens (primary N) is 1. The summed E-state index contributed by atoms with van der Waals surface area (Å²) in [5.74, 6) is -2.25. The molecule has 0 aliphatic carbocycles. The molecule has 0 aliphatic rings. The molecule has 1 heterocycles. The number of hydrogen-bond acceptors (Lipinski definition) is 8. The first kappa shape index (κ1) is 24.3. The van der Waals surface area contributed by atoms with Gasteiger partial charge in [-0.2, -0.15) is 0 Å². The minimum absolute atomic E-state index is 0.0539. The van der Waals surface area contributed by atoms with Gasteiger partial charge in [-0.25, -0.2) is 0 Å². The number of hydrogen-bond donors (Lipinski definition) is 3. The molecule has 9 heteroatoms. The predicted molar refractivity (Wildman–Crippen MR) is 131 cm³/mol. The summed E-state index contributed by atoms with van der Waals surface area (Å²) in [5, 5.41) is 21.3. The molecule has 0 fully saturated rings. The molecule has 1 atom stereocenters. The summed E-state index contributed by atoms with van der Waals surface area (Å²) in [6.45, 7) is -0.304. The lowest BCUT2D eigenvalue weighted by Crippen LogP contribution is -2.20. The lowest BCUT2D eigenvalue weighted by Gasteiger charge is -2.20. The van der Waals surface area contributed by atoms with Gasteiger partial charge in [0.2, 0.25) is 0 Å². The summed E-state index contributed by atoms with van der Waals surface area (Å²) in [6.07, 6.45) is -0.204. The van der Waals surface area contributed by atoms with Crippen LogP contribution in [0.15, 0.2) is 75.9 Å². The molecule has 3 aromatic carbocycles. The maximum Gasteiger partial charge on any atom is 0.306 e. The smallest absolute Gasteiger partial charge is 0.306 e. The molecular weight excluding hydrogens is 466 g/mol. The highest BCUT2D eigenvalue weighted by Gasteiger charge is 2.28. The van der Waals surface area contributed by atoms with Crippen molar-refractivity contribution < 1.29 is 33.7 Å². The predicted octanol–water partition coefficient (Wildman–Crippen LogP) is 3.43. The number of carbonyl (C=O) groups excluding carboxylic acids is 2. The van der Waals surface area contributed by atoms with Crippen LogP contribution in [-0.4, -0.2) is 35.8 Å². The van der Waals surface area contributed by atoms with E-state index in [9.17, 15) is 24.6 Å². The molecule has 1 amide bonds. The van der Waals surface area contributed by atoms with Crippen LogP contribution >= 0.6 is 0 Å². The molecule has 0 bridgehead atoms. The maximum absolute atomic E-state index is 13.0. The van der Waals surface area contributed by atoms with Crippen molar-refractivity contribution in [3.05, 3.63) is 88.1 Å². The van der Waals surface area contributed by atoms with E-state index in [2.05, 4.69) is 0 Å². The molecule has 4 aromatic rings. The Bertz CT molecular complexity index is 1480. The largest absolute Gasteiger partial charge is 0.507 e. The van der Waals surface area contributed by atoms with Crippen molar-refractivity contribution >= 4 is 22.8 Å². The van der Waals surface area contributed by atoms with Crippen molar-refractivity contribution in [1.29, 1.82) is 0 Å². The van der Waals surface area contributed by atoms with E-state index in [0.29, 0.717) is 16.9 Å². The van der Waals surface area contributed by atoms with E-state index in [1.54, 1.807) is 48.5 Å². The van der Waals surface area contributed by atoms with Crippen LogP contribution in [0.25, 0.3) is 22.3 Å². The molecule has 36 heavy (non-hydrogen) atoms. The van der Waals surface area contributed by atoms with E-state index < -0.39 is 29.0 Å². The molecule has 9 nitrogen and oxygen atoms in total. The number of phenolic OH excluding ortho intramolecular Hbond substituents is 2. The number of esters is 1. The average Bonchev–Trinajstić information content (AvgIpc) is 2.87. The van der Waals surface area contributed by atoms with Gasteiger partial charge in [0.15, 0.2) is 12.0 Å². The highest BCUT2D eigenvalue weighted by Crippen LogP contribution is 2.43. The fraction of sp³-hybridized carbons (Fsp3) is 0.148. The first-order valence-corrected chi connectivity index (χ1v) is 10.9. The molecule has 4 rings (SSSR count). The van der Waals surface area contributed by atoms with Crippen molar-refractivity contribution in [3.8, 4) is 28.6 Å². The van der Waals surface area contributed by atoms with Gasteiger partial charge >= 0.3 is 5.97 Å². The Morgan fingerprint density at radius 1 is 1.00 bits per heavy atom. The third-order valence-electron chi connectivity index (χ3n) is 5.67. The van der Waals surface area contributed by atoms with Gasteiger partial charge in [0.1, 0.15) is 34.0 Å². The molecule has 0 spiro atoms. The van der Waals surface area contributed by atoms with E-state index in [0.717, 1.165) is 6.07 Å². The third kappa shape index (κ3) is 5.00. The molecular formula is C27H23NO8. The molecule has 0 radical (unpaired) electrons. The van der Waals surface area contributed by atoms with Crippen LogP contribution in [0.4, 0.5) is 0 Å². The van der Waals surface area contributed by atoms with Gasteiger partial charge in [0.05, 0.1) is 13.5 Å². The summed E-state index contributed by atoms with van der Waals surface area (Å²) in [5.41, 5.74) is 5.85.